The molecule has 0 saturated carbocycles. The van der Waals surface area contributed by atoms with Crippen molar-refractivity contribution in [2.24, 2.45) is 0 Å². The normalized spacial score (nSPS) is 10.0. The van der Waals surface area contributed by atoms with Gasteiger partial charge in [-0.3, -0.25) is 4.79 Å². The van der Waals surface area contributed by atoms with Crippen LogP contribution in [0.2, 0.25) is 10.0 Å². The van der Waals surface area contributed by atoms with Crippen LogP contribution in [0.25, 0.3) is 0 Å². The molecular formula is C15H14Cl2N2O2. The van der Waals surface area contributed by atoms with Gasteiger partial charge >= 0.3 is 0 Å². The van der Waals surface area contributed by atoms with E-state index in [4.69, 9.17) is 27.9 Å². The van der Waals surface area contributed by atoms with E-state index in [-0.39, 0.29) is 12.5 Å². The van der Waals surface area contributed by atoms with Gasteiger partial charge in [-0.05, 0) is 24.3 Å². The quantitative estimate of drug-likeness (QED) is 0.872. The fourth-order valence-corrected chi connectivity index (χ4v) is 2.21. The Morgan fingerprint density at radius 2 is 1.81 bits per heavy atom. The summed E-state index contributed by atoms with van der Waals surface area (Å²) < 4.78 is 5.11. The van der Waals surface area contributed by atoms with Crippen LogP contribution in [0.1, 0.15) is 0 Å². The van der Waals surface area contributed by atoms with E-state index in [9.17, 15) is 4.79 Å². The lowest BCUT2D eigenvalue weighted by Crippen LogP contribution is -2.22. The van der Waals surface area contributed by atoms with E-state index >= 15 is 0 Å². The summed E-state index contributed by atoms with van der Waals surface area (Å²) in [4.78, 5) is 11.9. The van der Waals surface area contributed by atoms with Crippen LogP contribution in [0.5, 0.6) is 5.75 Å². The maximum Gasteiger partial charge on any atom is 0.243 e. The molecule has 1 amide bonds. The zero-order chi connectivity index (χ0) is 15.2. The first-order chi connectivity index (χ1) is 10.1. The van der Waals surface area contributed by atoms with Crippen molar-refractivity contribution < 1.29 is 9.53 Å². The van der Waals surface area contributed by atoms with E-state index in [0.29, 0.717) is 15.7 Å². The Balaban J connectivity index is 1.96. The fraction of sp³-hybridized carbons (Fsp3) is 0.133. The predicted molar refractivity (Wildman–Crippen MR) is 86.6 cm³/mol. The smallest absolute Gasteiger partial charge is 0.243 e. The van der Waals surface area contributed by atoms with E-state index in [2.05, 4.69) is 10.6 Å². The van der Waals surface area contributed by atoms with Crippen LogP contribution >= 0.6 is 23.2 Å². The first kappa shape index (κ1) is 15.5. The molecule has 0 aliphatic carbocycles. The Kier molecular flexibility index (Phi) is 5.31. The molecule has 0 heterocycles. The minimum atomic E-state index is -0.243. The van der Waals surface area contributed by atoms with Crippen molar-refractivity contribution in [2.45, 2.75) is 0 Å². The Hall–Kier alpha value is -1.91. The van der Waals surface area contributed by atoms with E-state index in [1.54, 1.807) is 31.4 Å². The number of methoxy groups -OCH3 is 1. The lowest BCUT2D eigenvalue weighted by molar-refractivity contribution is -0.114. The molecule has 2 aromatic carbocycles. The summed E-state index contributed by atoms with van der Waals surface area (Å²) in [6, 6.07) is 12.4. The molecule has 2 aromatic rings. The minimum Gasteiger partial charge on any atom is -0.497 e. The van der Waals surface area contributed by atoms with Crippen LogP contribution in [-0.2, 0) is 4.79 Å². The molecule has 0 saturated heterocycles. The second-order valence-corrected chi connectivity index (χ2v) is 5.04. The molecule has 0 aliphatic rings. The number of benzene rings is 2. The zero-order valence-corrected chi connectivity index (χ0v) is 12.8. The summed E-state index contributed by atoms with van der Waals surface area (Å²) in [7, 11) is 1.59. The number of para-hydroxylation sites is 1. The molecular weight excluding hydrogens is 311 g/mol. The highest BCUT2D eigenvalue weighted by Gasteiger charge is 2.09. The number of carbonyl (C=O) groups excluding carboxylic acids is 1. The molecule has 0 atom stereocenters. The third-order valence-corrected chi connectivity index (χ3v) is 3.38. The summed E-state index contributed by atoms with van der Waals surface area (Å²) in [6.07, 6.45) is 0. The summed E-state index contributed by atoms with van der Waals surface area (Å²) in [5.74, 6) is 0.474. The number of ether oxygens (including phenoxy) is 1. The molecule has 4 nitrogen and oxygen atoms in total. The number of anilines is 2. The Bertz CT molecular complexity index is 627. The minimum absolute atomic E-state index is 0.0920. The van der Waals surface area contributed by atoms with Gasteiger partial charge < -0.3 is 15.4 Å². The number of nitrogens with one attached hydrogen (secondary N) is 2. The second-order valence-electron chi connectivity index (χ2n) is 4.23. The number of amides is 1. The van der Waals surface area contributed by atoms with Gasteiger partial charge in [-0.25, -0.2) is 0 Å². The molecule has 0 aliphatic heterocycles. The summed E-state index contributed by atoms with van der Waals surface area (Å²) in [5.41, 5.74) is 1.20. The van der Waals surface area contributed by atoms with Crippen molar-refractivity contribution in [1.29, 1.82) is 0 Å². The van der Waals surface area contributed by atoms with Crippen molar-refractivity contribution in [2.75, 3.05) is 24.3 Å². The third kappa shape index (κ3) is 4.28. The number of hydrogen-bond acceptors (Lipinski definition) is 3. The maximum atomic E-state index is 11.9. The zero-order valence-electron chi connectivity index (χ0n) is 11.3. The van der Waals surface area contributed by atoms with Crippen LogP contribution in [0.15, 0.2) is 42.5 Å². The molecule has 2 N–H and O–H groups in total. The average molecular weight is 325 g/mol. The average Bonchev–Trinajstić information content (AvgIpc) is 2.49. The molecule has 0 spiro atoms. The molecule has 0 radical (unpaired) electrons. The third-order valence-electron chi connectivity index (χ3n) is 2.75. The van der Waals surface area contributed by atoms with Gasteiger partial charge in [-0.15, -0.1) is 0 Å². The van der Waals surface area contributed by atoms with E-state index in [1.165, 1.54) is 0 Å². The Labute approximate surface area is 133 Å². The van der Waals surface area contributed by atoms with Gasteiger partial charge in [0.2, 0.25) is 5.91 Å². The Morgan fingerprint density at radius 1 is 1.14 bits per heavy atom. The fourth-order valence-electron chi connectivity index (χ4n) is 1.72. The van der Waals surface area contributed by atoms with Gasteiger partial charge in [0.25, 0.3) is 0 Å². The summed E-state index contributed by atoms with van der Waals surface area (Å²) in [6.45, 7) is 0.0920. The van der Waals surface area contributed by atoms with Crippen molar-refractivity contribution in [1.82, 2.24) is 0 Å². The van der Waals surface area contributed by atoms with Gasteiger partial charge in [0.15, 0.2) is 0 Å². The molecule has 0 bridgehead atoms. The van der Waals surface area contributed by atoms with Crippen LogP contribution in [-0.4, -0.2) is 19.6 Å². The van der Waals surface area contributed by atoms with Crippen LogP contribution < -0.4 is 15.4 Å². The van der Waals surface area contributed by atoms with Crippen molar-refractivity contribution in [3.8, 4) is 5.75 Å². The van der Waals surface area contributed by atoms with Crippen LogP contribution in [0.3, 0.4) is 0 Å². The molecule has 2 rings (SSSR count). The lowest BCUT2D eigenvalue weighted by Gasteiger charge is -2.11. The second kappa shape index (κ2) is 7.20. The number of rotatable bonds is 5. The lowest BCUT2D eigenvalue weighted by atomic mass is 10.3. The number of halogens is 2. The summed E-state index contributed by atoms with van der Waals surface area (Å²) in [5, 5.41) is 6.48. The molecule has 0 fully saturated rings. The van der Waals surface area contributed by atoms with Crippen molar-refractivity contribution >= 4 is 40.5 Å². The van der Waals surface area contributed by atoms with E-state index in [1.807, 2.05) is 18.2 Å². The SMILES string of the molecule is COc1cccc(NCC(=O)Nc2c(Cl)cccc2Cl)c1. The largest absolute Gasteiger partial charge is 0.497 e. The molecule has 0 aromatic heterocycles. The van der Waals surface area contributed by atoms with E-state index in [0.717, 1.165) is 11.4 Å². The first-order valence-corrected chi connectivity index (χ1v) is 6.97. The van der Waals surface area contributed by atoms with Gasteiger partial charge in [0, 0.05) is 11.8 Å². The first-order valence-electron chi connectivity index (χ1n) is 6.22. The monoisotopic (exact) mass is 324 g/mol. The summed E-state index contributed by atoms with van der Waals surface area (Å²) >= 11 is 12.0. The molecule has 6 heteroatoms. The Morgan fingerprint density at radius 3 is 2.48 bits per heavy atom. The number of hydrogen-bond donors (Lipinski definition) is 2. The topological polar surface area (TPSA) is 50.4 Å². The van der Waals surface area contributed by atoms with Gasteiger partial charge in [0.05, 0.1) is 29.4 Å². The van der Waals surface area contributed by atoms with Crippen molar-refractivity contribution in [3.63, 3.8) is 0 Å². The van der Waals surface area contributed by atoms with Crippen molar-refractivity contribution in [3.05, 3.63) is 52.5 Å². The highest BCUT2D eigenvalue weighted by Crippen LogP contribution is 2.29. The van der Waals surface area contributed by atoms with Crippen LogP contribution in [0, 0.1) is 0 Å². The van der Waals surface area contributed by atoms with Gasteiger partial charge in [-0.2, -0.15) is 0 Å². The standard InChI is InChI=1S/C15H14Cl2N2O2/c1-21-11-5-2-4-10(8-11)18-9-14(20)19-15-12(16)6-3-7-13(15)17/h2-8,18H,9H2,1H3,(H,19,20). The number of carbonyl (C=O) groups is 1. The highest BCUT2D eigenvalue weighted by molar-refractivity contribution is 6.39. The molecule has 0 unspecified atom stereocenters. The maximum absolute atomic E-state index is 11.9. The predicted octanol–water partition coefficient (Wildman–Crippen LogP) is 4.05. The highest BCUT2D eigenvalue weighted by atomic mass is 35.5. The van der Waals surface area contributed by atoms with Gasteiger partial charge in [0.1, 0.15) is 5.75 Å². The molecule has 21 heavy (non-hydrogen) atoms. The van der Waals surface area contributed by atoms with Crippen LogP contribution in [0.4, 0.5) is 11.4 Å². The molecule has 110 valence electrons. The van der Waals surface area contributed by atoms with Gasteiger partial charge in [-0.1, -0.05) is 35.3 Å². The van der Waals surface area contributed by atoms with E-state index < -0.39 is 0 Å².